The van der Waals surface area contributed by atoms with Gasteiger partial charge in [-0.25, -0.2) is 0 Å². The van der Waals surface area contributed by atoms with E-state index in [9.17, 15) is 5.26 Å². The Kier molecular flexibility index (Phi) is 5.56. The molecule has 0 N–H and O–H groups in total. The minimum absolute atomic E-state index is 0.563. The first kappa shape index (κ1) is 15.9. The van der Waals surface area contributed by atoms with Crippen LogP contribution >= 0.6 is 11.8 Å². The second-order valence-electron chi connectivity index (χ2n) is 6.00. The molecule has 0 saturated heterocycles. The molecule has 1 nitrogen and oxygen atoms in total. The number of hydrogen-bond donors (Lipinski definition) is 0. The second-order valence-corrected chi connectivity index (χ2v) is 7.12. The van der Waals surface area contributed by atoms with Crippen LogP contribution in [0.5, 0.6) is 0 Å². The van der Waals surface area contributed by atoms with Crippen LogP contribution in [0.4, 0.5) is 0 Å². The molecule has 1 aliphatic rings. The van der Waals surface area contributed by atoms with Crippen LogP contribution in [0.1, 0.15) is 37.7 Å². The predicted octanol–water partition coefficient (Wildman–Crippen LogP) is 6.33. The molecule has 2 aromatic carbocycles. The van der Waals surface area contributed by atoms with Crippen LogP contribution in [0.15, 0.2) is 70.5 Å². The summed E-state index contributed by atoms with van der Waals surface area (Å²) >= 11 is 1.73. The van der Waals surface area contributed by atoms with Gasteiger partial charge in [-0.15, -0.1) is 0 Å². The van der Waals surface area contributed by atoms with Gasteiger partial charge in [0.05, 0.1) is 11.6 Å². The molecule has 0 aromatic heterocycles. The van der Waals surface area contributed by atoms with Crippen molar-refractivity contribution in [1.29, 1.82) is 5.26 Å². The lowest BCUT2D eigenvalue weighted by Crippen LogP contribution is -2.03. The van der Waals surface area contributed by atoms with Gasteiger partial charge in [-0.3, -0.25) is 0 Å². The fraction of sp³-hybridized carbons (Fsp3) is 0.286. The van der Waals surface area contributed by atoms with Crippen molar-refractivity contribution in [2.45, 2.75) is 41.9 Å². The van der Waals surface area contributed by atoms with Crippen molar-refractivity contribution >= 4 is 17.3 Å². The Balaban J connectivity index is 1.89. The summed E-state index contributed by atoms with van der Waals surface area (Å²) in [7, 11) is 0. The molecule has 1 fully saturated rings. The van der Waals surface area contributed by atoms with Gasteiger partial charge in [-0.05, 0) is 37.0 Å². The van der Waals surface area contributed by atoms with E-state index in [0.29, 0.717) is 5.92 Å². The molecule has 0 aliphatic heterocycles. The summed E-state index contributed by atoms with van der Waals surface area (Å²) in [6.07, 6.45) is 8.58. The molecule has 0 spiro atoms. The molecule has 116 valence electrons. The van der Waals surface area contributed by atoms with E-state index in [1.165, 1.54) is 37.0 Å². The molecule has 0 bridgehead atoms. The summed E-state index contributed by atoms with van der Waals surface area (Å²) in [5.74, 6) is 0.563. The zero-order valence-electron chi connectivity index (χ0n) is 13.2. The van der Waals surface area contributed by atoms with E-state index in [4.69, 9.17) is 0 Å². The second kappa shape index (κ2) is 8.04. The number of rotatable bonds is 4. The standard InChI is InChI=1S/C21H21NS/c22-16-18(15-17-9-3-1-4-10-17)20-13-7-8-14-21(20)23-19-11-5-2-6-12-19/h2,5-8,11-15,17H,1,3-4,9-10H2/b18-15+. The van der Waals surface area contributed by atoms with E-state index in [0.717, 1.165) is 16.0 Å². The predicted molar refractivity (Wildman–Crippen MR) is 97.2 cm³/mol. The first-order valence-corrected chi connectivity index (χ1v) is 9.12. The Labute approximate surface area is 143 Å². The van der Waals surface area contributed by atoms with Gasteiger partial charge >= 0.3 is 0 Å². The Morgan fingerprint density at radius 3 is 2.39 bits per heavy atom. The summed E-state index contributed by atoms with van der Waals surface area (Å²) in [5.41, 5.74) is 1.89. The minimum atomic E-state index is 0.563. The van der Waals surface area contributed by atoms with Crippen molar-refractivity contribution in [3.05, 3.63) is 66.2 Å². The first-order chi connectivity index (χ1) is 11.4. The van der Waals surface area contributed by atoms with Crippen molar-refractivity contribution in [3.63, 3.8) is 0 Å². The van der Waals surface area contributed by atoms with Crippen molar-refractivity contribution in [3.8, 4) is 6.07 Å². The Morgan fingerprint density at radius 2 is 1.65 bits per heavy atom. The van der Waals surface area contributed by atoms with Crippen molar-refractivity contribution in [2.75, 3.05) is 0 Å². The van der Waals surface area contributed by atoms with Gasteiger partial charge in [0.25, 0.3) is 0 Å². The van der Waals surface area contributed by atoms with Crippen molar-refractivity contribution in [2.24, 2.45) is 5.92 Å². The SMILES string of the molecule is N#C/C(=C\C1CCCCC1)c1ccccc1Sc1ccccc1. The molecule has 1 saturated carbocycles. The average Bonchev–Trinajstić information content (AvgIpc) is 2.62. The lowest BCUT2D eigenvalue weighted by molar-refractivity contribution is 0.420. The topological polar surface area (TPSA) is 23.8 Å². The van der Waals surface area contributed by atoms with Gasteiger partial charge in [0.15, 0.2) is 0 Å². The monoisotopic (exact) mass is 319 g/mol. The van der Waals surface area contributed by atoms with Gasteiger partial charge < -0.3 is 0 Å². The number of nitriles is 1. The molecule has 0 unspecified atom stereocenters. The third-order valence-corrected chi connectivity index (χ3v) is 5.40. The van der Waals surface area contributed by atoms with Crippen molar-refractivity contribution < 1.29 is 0 Å². The number of hydrogen-bond acceptors (Lipinski definition) is 2. The lowest BCUT2D eigenvalue weighted by atomic mass is 9.87. The fourth-order valence-corrected chi connectivity index (χ4v) is 4.10. The smallest absolute Gasteiger partial charge is 0.0995 e. The quantitative estimate of drug-likeness (QED) is 0.615. The highest BCUT2D eigenvalue weighted by Gasteiger charge is 2.14. The van der Waals surface area contributed by atoms with Crippen molar-refractivity contribution in [1.82, 2.24) is 0 Å². The maximum atomic E-state index is 9.67. The largest absolute Gasteiger partial charge is 0.192 e. The number of allylic oxidation sites excluding steroid dienone is 2. The van der Waals surface area contributed by atoms with E-state index in [1.54, 1.807) is 11.8 Å². The maximum Gasteiger partial charge on any atom is 0.0995 e. The zero-order valence-corrected chi connectivity index (χ0v) is 14.1. The highest BCUT2D eigenvalue weighted by molar-refractivity contribution is 7.99. The van der Waals surface area contributed by atoms with Gasteiger partial charge in [0, 0.05) is 15.4 Å². The van der Waals surface area contributed by atoms with Gasteiger partial charge in [0.2, 0.25) is 0 Å². The van der Waals surface area contributed by atoms with E-state index in [2.05, 4.69) is 36.4 Å². The molecular formula is C21H21NS. The highest BCUT2D eigenvalue weighted by atomic mass is 32.2. The van der Waals surface area contributed by atoms with Crippen LogP contribution in [-0.4, -0.2) is 0 Å². The van der Waals surface area contributed by atoms with Crippen LogP contribution in [0.3, 0.4) is 0 Å². The molecule has 0 amide bonds. The van der Waals surface area contributed by atoms with E-state index < -0.39 is 0 Å². The van der Waals surface area contributed by atoms with E-state index in [1.807, 2.05) is 30.3 Å². The van der Waals surface area contributed by atoms with E-state index >= 15 is 0 Å². The third kappa shape index (κ3) is 4.27. The molecule has 3 rings (SSSR count). The maximum absolute atomic E-state index is 9.67. The molecule has 0 atom stereocenters. The molecule has 1 aliphatic carbocycles. The minimum Gasteiger partial charge on any atom is -0.192 e. The summed E-state index contributed by atoms with van der Waals surface area (Å²) in [6, 6.07) is 21.0. The van der Waals surface area contributed by atoms with Gasteiger partial charge in [0.1, 0.15) is 0 Å². The highest BCUT2D eigenvalue weighted by Crippen LogP contribution is 2.35. The zero-order chi connectivity index (χ0) is 15.9. The van der Waals surface area contributed by atoms with Gasteiger partial charge in [-0.2, -0.15) is 5.26 Å². The van der Waals surface area contributed by atoms with Crippen LogP contribution in [0, 0.1) is 17.2 Å². The summed E-state index contributed by atoms with van der Waals surface area (Å²) in [5, 5.41) is 9.67. The summed E-state index contributed by atoms with van der Waals surface area (Å²) < 4.78 is 0. The van der Waals surface area contributed by atoms with Crippen LogP contribution in [0.2, 0.25) is 0 Å². The first-order valence-electron chi connectivity index (χ1n) is 8.31. The Morgan fingerprint density at radius 1 is 0.957 bits per heavy atom. The Bertz CT molecular complexity index is 706. The van der Waals surface area contributed by atoms with Gasteiger partial charge in [-0.1, -0.05) is 73.5 Å². The fourth-order valence-electron chi connectivity index (χ4n) is 3.12. The molecule has 0 heterocycles. The number of nitrogens with zero attached hydrogens (tertiary/aromatic N) is 1. The number of benzene rings is 2. The van der Waals surface area contributed by atoms with Crippen LogP contribution in [-0.2, 0) is 0 Å². The summed E-state index contributed by atoms with van der Waals surface area (Å²) in [4.78, 5) is 2.36. The average molecular weight is 319 g/mol. The molecule has 2 aromatic rings. The molecule has 0 radical (unpaired) electrons. The van der Waals surface area contributed by atoms with E-state index in [-0.39, 0.29) is 0 Å². The third-order valence-electron chi connectivity index (χ3n) is 4.32. The van der Waals surface area contributed by atoms with Crippen LogP contribution in [0.25, 0.3) is 5.57 Å². The van der Waals surface area contributed by atoms with Crippen LogP contribution < -0.4 is 0 Å². The summed E-state index contributed by atoms with van der Waals surface area (Å²) in [6.45, 7) is 0. The Hall–Kier alpha value is -1.98. The molecule has 23 heavy (non-hydrogen) atoms. The molecule has 2 heteroatoms. The normalized spacial score (nSPS) is 16.0. The molecular weight excluding hydrogens is 298 g/mol. The lowest BCUT2D eigenvalue weighted by Gasteiger charge is -2.19.